The normalized spacial score (nSPS) is 16.4. The average molecular weight is 310 g/mol. The van der Waals surface area contributed by atoms with Gasteiger partial charge in [0.05, 0.1) is 9.99 Å². The molecular formula is C12H12BrN3S. The van der Waals surface area contributed by atoms with Gasteiger partial charge in [-0.1, -0.05) is 0 Å². The Morgan fingerprint density at radius 2 is 2.00 bits per heavy atom. The Bertz CT molecular complexity index is 540. The van der Waals surface area contributed by atoms with Gasteiger partial charge in [0.2, 0.25) is 0 Å². The van der Waals surface area contributed by atoms with Gasteiger partial charge in [0.1, 0.15) is 5.82 Å². The Morgan fingerprint density at radius 1 is 1.18 bits per heavy atom. The molecule has 1 aliphatic rings. The van der Waals surface area contributed by atoms with Gasteiger partial charge < -0.3 is 4.90 Å². The monoisotopic (exact) mass is 309 g/mol. The van der Waals surface area contributed by atoms with Crippen molar-refractivity contribution in [3.05, 3.63) is 29.0 Å². The maximum Gasteiger partial charge on any atom is 0.129 e. The third-order valence-electron chi connectivity index (χ3n) is 2.87. The molecule has 2 aromatic heterocycles. The Labute approximate surface area is 113 Å². The fourth-order valence-electron chi connectivity index (χ4n) is 1.97. The molecule has 3 heterocycles. The maximum absolute atomic E-state index is 4.73. The van der Waals surface area contributed by atoms with Crippen LogP contribution in [-0.4, -0.2) is 34.6 Å². The first-order valence-electron chi connectivity index (χ1n) is 5.57. The number of hydrogen-bond acceptors (Lipinski definition) is 4. The van der Waals surface area contributed by atoms with Gasteiger partial charge in [0.25, 0.3) is 0 Å². The summed E-state index contributed by atoms with van der Waals surface area (Å²) in [7, 11) is 0. The Morgan fingerprint density at radius 3 is 2.82 bits per heavy atom. The Kier molecular flexibility index (Phi) is 3.20. The molecule has 1 fully saturated rings. The van der Waals surface area contributed by atoms with E-state index in [1.54, 1.807) is 6.20 Å². The van der Waals surface area contributed by atoms with Crippen LogP contribution in [0.2, 0.25) is 0 Å². The van der Waals surface area contributed by atoms with E-state index in [1.807, 2.05) is 18.0 Å². The van der Waals surface area contributed by atoms with E-state index in [1.165, 1.54) is 11.5 Å². The Hall–Kier alpha value is -0.810. The third-order valence-corrected chi connectivity index (χ3v) is 4.40. The van der Waals surface area contributed by atoms with Crippen molar-refractivity contribution in [2.45, 2.75) is 0 Å². The zero-order valence-corrected chi connectivity index (χ0v) is 11.7. The number of pyridine rings is 2. The van der Waals surface area contributed by atoms with E-state index in [0.717, 1.165) is 34.3 Å². The average Bonchev–Trinajstić information content (AvgIpc) is 2.40. The second kappa shape index (κ2) is 4.82. The van der Waals surface area contributed by atoms with Crippen molar-refractivity contribution >= 4 is 44.4 Å². The third kappa shape index (κ3) is 2.26. The molecule has 0 bridgehead atoms. The van der Waals surface area contributed by atoms with Crippen LogP contribution in [0.25, 0.3) is 10.9 Å². The quantitative estimate of drug-likeness (QED) is 0.810. The van der Waals surface area contributed by atoms with Crippen molar-refractivity contribution in [2.75, 3.05) is 29.5 Å². The van der Waals surface area contributed by atoms with Crippen LogP contribution >= 0.6 is 27.7 Å². The van der Waals surface area contributed by atoms with Crippen molar-refractivity contribution in [3.63, 3.8) is 0 Å². The van der Waals surface area contributed by atoms with Crippen LogP contribution < -0.4 is 4.90 Å². The van der Waals surface area contributed by atoms with Crippen LogP contribution in [0, 0.1) is 0 Å². The van der Waals surface area contributed by atoms with Gasteiger partial charge in [0.15, 0.2) is 0 Å². The first kappa shape index (κ1) is 11.3. The van der Waals surface area contributed by atoms with E-state index in [-0.39, 0.29) is 0 Å². The molecule has 0 atom stereocenters. The molecule has 3 rings (SSSR count). The second-order valence-electron chi connectivity index (χ2n) is 3.96. The highest BCUT2D eigenvalue weighted by Crippen LogP contribution is 2.25. The predicted octanol–water partition coefficient (Wildman–Crippen LogP) is 2.95. The number of halogens is 1. The molecular weight excluding hydrogens is 298 g/mol. The maximum atomic E-state index is 4.73. The molecule has 0 aliphatic carbocycles. The number of hydrogen-bond donors (Lipinski definition) is 0. The van der Waals surface area contributed by atoms with Gasteiger partial charge in [0, 0.05) is 42.4 Å². The van der Waals surface area contributed by atoms with E-state index in [0.29, 0.717) is 0 Å². The van der Waals surface area contributed by atoms with Crippen LogP contribution in [0.5, 0.6) is 0 Å². The summed E-state index contributed by atoms with van der Waals surface area (Å²) < 4.78 is 0.961. The fourth-order valence-corrected chi connectivity index (χ4v) is 3.31. The van der Waals surface area contributed by atoms with Gasteiger partial charge >= 0.3 is 0 Å². The zero-order valence-electron chi connectivity index (χ0n) is 9.27. The highest BCUT2D eigenvalue weighted by Gasteiger charge is 2.13. The molecule has 0 spiro atoms. The van der Waals surface area contributed by atoms with Gasteiger partial charge in [-0.2, -0.15) is 11.8 Å². The van der Waals surface area contributed by atoms with Crippen molar-refractivity contribution in [1.82, 2.24) is 9.97 Å². The van der Waals surface area contributed by atoms with Crippen molar-refractivity contribution in [3.8, 4) is 0 Å². The molecule has 2 aromatic rings. The van der Waals surface area contributed by atoms with Crippen LogP contribution in [-0.2, 0) is 0 Å². The first-order chi connectivity index (χ1) is 8.34. The molecule has 0 unspecified atom stereocenters. The smallest absolute Gasteiger partial charge is 0.129 e. The van der Waals surface area contributed by atoms with E-state index in [2.05, 4.69) is 37.9 Å². The lowest BCUT2D eigenvalue weighted by atomic mass is 10.2. The van der Waals surface area contributed by atoms with E-state index >= 15 is 0 Å². The molecule has 5 heteroatoms. The summed E-state index contributed by atoms with van der Waals surface area (Å²) in [5, 5.41) is 1.08. The zero-order chi connectivity index (χ0) is 11.7. The van der Waals surface area contributed by atoms with Crippen molar-refractivity contribution < 1.29 is 0 Å². The van der Waals surface area contributed by atoms with Gasteiger partial charge in [-0.15, -0.1) is 0 Å². The van der Waals surface area contributed by atoms with Crippen LogP contribution in [0.1, 0.15) is 0 Å². The SMILES string of the molecule is Brc1cncc2ccc(N3CCSCC3)nc12. The lowest BCUT2D eigenvalue weighted by Crippen LogP contribution is -2.33. The number of thioether (sulfide) groups is 1. The molecule has 17 heavy (non-hydrogen) atoms. The molecule has 0 aromatic carbocycles. The Balaban J connectivity index is 2.03. The molecule has 1 saturated heterocycles. The number of rotatable bonds is 1. The number of nitrogens with zero attached hydrogens (tertiary/aromatic N) is 3. The van der Waals surface area contributed by atoms with E-state index in [9.17, 15) is 0 Å². The molecule has 1 aliphatic heterocycles. The van der Waals surface area contributed by atoms with Gasteiger partial charge in [-0.3, -0.25) is 4.98 Å². The second-order valence-corrected chi connectivity index (χ2v) is 6.04. The summed E-state index contributed by atoms with van der Waals surface area (Å²) in [5.74, 6) is 3.46. The summed E-state index contributed by atoms with van der Waals surface area (Å²) in [4.78, 5) is 11.2. The lowest BCUT2D eigenvalue weighted by molar-refractivity contribution is 0.842. The van der Waals surface area contributed by atoms with Crippen LogP contribution in [0.3, 0.4) is 0 Å². The first-order valence-corrected chi connectivity index (χ1v) is 7.52. The summed E-state index contributed by atoms with van der Waals surface area (Å²) in [6.07, 6.45) is 3.65. The summed E-state index contributed by atoms with van der Waals surface area (Å²) in [6.45, 7) is 2.18. The van der Waals surface area contributed by atoms with Crippen molar-refractivity contribution in [2.24, 2.45) is 0 Å². The van der Waals surface area contributed by atoms with Gasteiger partial charge in [-0.05, 0) is 28.1 Å². The molecule has 0 N–H and O–H groups in total. The molecule has 0 amide bonds. The standard InChI is InChI=1S/C12H12BrN3S/c13-10-8-14-7-9-1-2-11(15-12(9)10)16-3-5-17-6-4-16/h1-2,7-8H,3-6H2. The number of anilines is 1. The minimum Gasteiger partial charge on any atom is -0.355 e. The minimum absolute atomic E-state index is 0.961. The summed E-state index contributed by atoms with van der Waals surface area (Å²) in [5.41, 5.74) is 0.996. The number of aromatic nitrogens is 2. The lowest BCUT2D eigenvalue weighted by Gasteiger charge is -2.27. The van der Waals surface area contributed by atoms with E-state index < -0.39 is 0 Å². The largest absolute Gasteiger partial charge is 0.355 e. The molecule has 88 valence electrons. The highest BCUT2D eigenvalue weighted by atomic mass is 79.9. The van der Waals surface area contributed by atoms with Crippen molar-refractivity contribution in [1.29, 1.82) is 0 Å². The molecule has 0 radical (unpaired) electrons. The summed E-state index contributed by atoms with van der Waals surface area (Å²) in [6, 6.07) is 4.18. The summed E-state index contributed by atoms with van der Waals surface area (Å²) >= 11 is 5.52. The molecule has 0 saturated carbocycles. The molecule has 3 nitrogen and oxygen atoms in total. The predicted molar refractivity (Wildman–Crippen MR) is 76.8 cm³/mol. The topological polar surface area (TPSA) is 29.0 Å². The van der Waals surface area contributed by atoms with Gasteiger partial charge in [-0.25, -0.2) is 4.98 Å². The highest BCUT2D eigenvalue weighted by molar-refractivity contribution is 9.10. The van der Waals surface area contributed by atoms with E-state index in [4.69, 9.17) is 4.98 Å². The number of fused-ring (bicyclic) bond motifs is 1. The fraction of sp³-hybridized carbons (Fsp3) is 0.333. The minimum atomic E-state index is 0.961. The van der Waals surface area contributed by atoms with Crippen LogP contribution in [0.4, 0.5) is 5.82 Å². The van der Waals surface area contributed by atoms with Crippen LogP contribution in [0.15, 0.2) is 29.0 Å².